The molecule has 0 aliphatic carbocycles. The topological polar surface area (TPSA) is 24.9 Å². The van der Waals surface area contributed by atoms with Crippen molar-refractivity contribution in [1.29, 1.82) is 0 Å². The highest BCUT2D eigenvalue weighted by atomic mass is 35.5. The van der Waals surface area contributed by atoms with E-state index in [4.69, 9.17) is 11.6 Å². The van der Waals surface area contributed by atoms with Crippen molar-refractivity contribution >= 4 is 22.9 Å². The van der Waals surface area contributed by atoms with Crippen molar-refractivity contribution < 1.29 is 0 Å². The normalized spacial score (nSPS) is 12.7. The van der Waals surface area contributed by atoms with E-state index in [1.165, 1.54) is 16.0 Å². The minimum absolute atomic E-state index is 0.133. The van der Waals surface area contributed by atoms with E-state index in [1.54, 1.807) is 11.3 Å². The van der Waals surface area contributed by atoms with Crippen LogP contribution in [-0.4, -0.2) is 11.5 Å². The number of hydrogen-bond donors (Lipinski definition) is 1. The predicted octanol–water partition coefficient (Wildman–Crippen LogP) is 4.11. The summed E-state index contributed by atoms with van der Waals surface area (Å²) in [4.78, 5) is 5.44. The van der Waals surface area contributed by atoms with Crippen molar-refractivity contribution in [3.63, 3.8) is 0 Å². The molecule has 96 valence electrons. The van der Waals surface area contributed by atoms with Crippen LogP contribution >= 0.6 is 22.9 Å². The third kappa shape index (κ3) is 2.74. The van der Waals surface area contributed by atoms with Crippen molar-refractivity contribution in [2.45, 2.75) is 26.8 Å². The van der Waals surface area contributed by atoms with Gasteiger partial charge in [-0.25, -0.2) is 0 Å². The summed E-state index contributed by atoms with van der Waals surface area (Å²) in [5.74, 6) is 0. The summed E-state index contributed by atoms with van der Waals surface area (Å²) in [7, 11) is 0. The van der Waals surface area contributed by atoms with Gasteiger partial charge in [0.2, 0.25) is 0 Å². The number of halogens is 1. The summed E-state index contributed by atoms with van der Waals surface area (Å²) in [6, 6.07) is 2.29. The Morgan fingerprint density at radius 1 is 1.39 bits per heavy atom. The van der Waals surface area contributed by atoms with E-state index in [0.717, 1.165) is 17.1 Å². The van der Waals surface area contributed by atoms with E-state index in [1.807, 2.05) is 19.3 Å². The zero-order valence-electron chi connectivity index (χ0n) is 10.8. The Balaban J connectivity index is 2.43. The molecule has 1 N–H and O–H groups in total. The second-order valence-corrected chi connectivity index (χ2v) is 5.67. The molecule has 2 heterocycles. The molecule has 0 saturated carbocycles. The van der Waals surface area contributed by atoms with Crippen LogP contribution in [0.5, 0.6) is 0 Å². The maximum atomic E-state index is 6.38. The average Bonchev–Trinajstić information content (AvgIpc) is 2.67. The van der Waals surface area contributed by atoms with Gasteiger partial charge in [-0.1, -0.05) is 24.6 Å². The molecule has 2 aromatic heterocycles. The van der Waals surface area contributed by atoms with Crippen LogP contribution in [0.15, 0.2) is 23.8 Å². The Bertz CT molecular complexity index is 536. The highest BCUT2D eigenvalue weighted by molar-refractivity contribution is 7.10. The quantitative estimate of drug-likeness (QED) is 0.912. The molecule has 0 amide bonds. The average molecular weight is 281 g/mol. The molecule has 0 aliphatic heterocycles. The van der Waals surface area contributed by atoms with Crippen LogP contribution in [0.2, 0.25) is 5.02 Å². The van der Waals surface area contributed by atoms with Gasteiger partial charge in [0, 0.05) is 17.3 Å². The van der Waals surface area contributed by atoms with Crippen molar-refractivity contribution in [1.82, 2.24) is 10.3 Å². The Morgan fingerprint density at radius 2 is 2.17 bits per heavy atom. The fraction of sp³-hybridized carbons (Fsp3) is 0.357. The van der Waals surface area contributed by atoms with Gasteiger partial charge in [0.25, 0.3) is 0 Å². The van der Waals surface area contributed by atoms with Gasteiger partial charge in [-0.05, 0) is 42.5 Å². The monoisotopic (exact) mass is 280 g/mol. The molecular weight excluding hydrogens is 264 g/mol. The maximum absolute atomic E-state index is 6.38. The number of nitrogens with one attached hydrogen (secondary N) is 1. The lowest BCUT2D eigenvalue weighted by atomic mass is 10.1. The Hall–Kier alpha value is -0.900. The fourth-order valence-corrected chi connectivity index (χ4v) is 3.35. The molecule has 18 heavy (non-hydrogen) atoms. The molecule has 0 saturated heterocycles. The Morgan fingerprint density at radius 3 is 2.72 bits per heavy atom. The molecule has 0 fully saturated rings. The third-order valence-corrected chi connectivity index (χ3v) is 4.60. The van der Waals surface area contributed by atoms with Crippen molar-refractivity contribution in [2.75, 3.05) is 6.54 Å². The minimum atomic E-state index is 0.133. The number of aromatic nitrogens is 1. The van der Waals surface area contributed by atoms with Gasteiger partial charge >= 0.3 is 0 Å². The molecular formula is C14H17ClN2S. The number of rotatable bonds is 4. The van der Waals surface area contributed by atoms with E-state index in [0.29, 0.717) is 0 Å². The number of pyridine rings is 1. The molecule has 0 aliphatic rings. The van der Waals surface area contributed by atoms with Crippen molar-refractivity contribution in [3.8, 4) is 0 Å². The van der Waals surface area contributed by atoms with Gasteiger partial charge in [0.05, 0.1) is 11.1 Å². The van der Waals surface area contributed by atoms with E-state index in [9.17, 15) is 0 Å². The largest absolute Gasteiger partial charge is 0.306 e. The smallest absolute Gasteiger partial charge is 0.0701 e. The highest BCUT2D eigenvalue weighted by Crippen LogP contribution is 2.35. The number of nitrogens with zero attached hydrogens (tertiary/aromatic N) is 1. The summed E-state index contributed by atoms with van der Waals surface area (Å²) >= 11 is 8.08. The number of hydrogen-bond acceptors (Lipinski definition) is 3. The van der Waals surface area contributed by atoms with Gasteiger partial charge in [0.1, 0.15) is 0 Å². The molecule has 1 unspecified atom stereocenters. The summed E-state index contributed by atoms with van der Waals surface area (Å²) in [5, 5.41) is 6.45. The van der Waals surface area contributed by atoms with Crippen molar-refractivity contribution in [3.05, 3.63) is 50.4 Å². The molecule has 0 radical (unpaired) electrons. The van der Waals surface area contributed by atoms with E-state index in [-0.39, 0.29) is 6.04 Å². The Kier molecular flexibility index (Phi) is 4.38. The van der Waals surface area contributed by atoms with Crippen LogP contribution in [-0.2, 0) is 0 Å². The molecule has 2 nitrogen and oxygen atoms in total. The van der Waals surface area contributed by atoms with Gasteiger partial charge in [0.15, 0.2) is 0 Å². The van der Waals surface area contributed by atoms with Gasteiger partial charge in [-0.15, -0.1) is 11.3 Å². The van der Waals surface area contributed by atoms with Crippen LogP contribution in [0.4, 0.5) is 0 Å². The van der Waals surface area contributed by atoms with Crippen LogP contribution in [0, 0.1) is 13.8 Å². The van der Waals surface area contributed by atoms with E-state index < -0.39 is 0 Å². The second kappa shape index (κ2) is 5.83. The molecule has 2 aromatic rings. The molecule has 0 bridgehead atoms. The maximum Gasteiger partial charge on any atom is 0.0701 e. The van der Waals surface area contributed by atoms with Crippen LogP contribution in [0.1, 0.15) is 34.5 Å². The van der Waals surface area contributed by atoms with E-state index >= 15 is 0 Å². The second-order valence-electron chi connectivity index (χ2n) is 4.38. The number of aryl methyl sites for hydroxylation is 2. The zero-order valence-corrected chi connectivity index (χ0v) is 12.4. The first-order chi connectivity index (χ1) is 8.63. The standard InChI is InChI=1S/C14H17ClN2S/c1-4-17-13(11-5-9(2)6-16-7-11)14-12(15)10(3)8-18-14/h5-8,13,17H,4H2,1-3H3. The van der Waals surface area contributed by atoms with Gasteiger partial charge in [-0.2, -0.15) is 0 Å². The molecule has 0 spiro atoms. The fourth-order valence-electron chi connectivity index (χ4n) is 1.95. The first-order valence-electron chi connectivity index (χ1n) is 6.02. The lowest BCUT2D eigenvalue weighted by Gasteiger charge is -2.17. The molecule has 0 aromatic carbocycles. The minimum Gasteiger partial charge on any atom is -0.306 e. The third-order valence-electron chi connectivity index (χ3n) is 2.83. The first-order valence-corrected chi connectivity index (χ1v) is 7.27. The lowest BCUT2D eigenvalue weighted by molar-refractivity contribution is 0.637. The molecule has 1 atom stereocenters. The molecule has 4 heteroatoms. The van der Waals surface area contributed by atoms with Crippen LogP contribution in [0.25, 0.3) is 0 Å². The summed E-state index contributed by atoms with van der Waals surface area (Å²) in [5.41, 5.74) is 3.47. The summed E-state index contributed by atoms with van der Waals surface area (Å²) < 4.78 is 0. The number of thiophene rings is 1. The van der Waals surface area contributed by atoms with Crippen LogP contribution in [0.3, 0.4) is 0 Å². The van der Waals surface area contributed by atoms with Crippen LogP contribution < -0.4 is 5.32 Å². The summed E-state index contributed by atoms with van der Waals surface area (Å²) in [6.45, 7) is 7.09. The van der Waals surface area contributed by atoms with Gasteiger partial charge in [-0.3, -0.25) is 4.98 Å². The lowest BCUT2D eigenvalue weighted by Crippen LogP contribution is -2.21. The zero-order chi connectivity index (χ0) is 13.1. The predicted molar refractivity (Wildman–Crippen MR) is 78.6 cm³/mol. The van der Waals surface area contributed by atoms with Gasteiger partial charge < -0.3 is 5.32 Å². The van der Waals surface area contributed by atoms with E-state index in [2.05, 4.69) is 35.6 Å². The SMILES string of the molecule is CCNC(c1cncc(C)c1)c1scc(C)c1Cl. The summed E-state index contributed by atoms with van der Waals surface area (Å²) in [6.07, 6.45) is 3.78. The molecule has 2 rings (SSSR count). The van der Waals surface area contributed by atoms with Crippen molar-refractivity contribution in [2.24, 2.45) is 0 Å². The first kappa shape index (κ1) is 13.5. The Labute approximate surface area is 117 Å². The highest BCUT2D eigenvalue weighted by Gasteiger charge is 2.19.